The first-order valence-corrected chi connectivity index (χ1v) is 19.9. The highest BCUT2D eigenvalue weighted by atomic mass is 79.9. The van der Waals surface area contributed by atoms with E-state index in [9.17, 15) is 0 Å². The molecule has 8 rings (SSSR count). The van der Waals surface area contributed by atoms with Crippen LogP contribution >= 0.6 is 15.9 Å². The van der Waals surface area contributed by atoms with Crippen LogP contribution in [-0.4, -0.2) is 13.2 Å². The van der Waals surface area contributed by atoms with Crippen molar-refractivity contribution in [1.82, 2.24) is 0 Å². The Balaban J connectivity index is 0.000000181. The van der Waals surface area contributed by atoms with Gasteiger partial charge in [0.2, 0.25) is 0 Å². The van der Waals surface area contributed by atoms with Crippen molar-refractivity contribution in [1.29, 1.82) is 0 Å². The van der Waals surface area contributed by atoms with Crippen LogP contribution in [0.3, 0.4) is 0 Å². The maximum atomic E-state index is 5.91. The van der Waals surface area contributed by atoms with Crippen molar-refractivity contribution in [2.75, 3.05) is 23.8 Å². The number of hydrogen-bond donors (Lipinski definition) is 1. The molecule has 0 amide bonds. The van der Waals surface area contributed by atoms with Crippen molar-refractivity contribution in [2.45, 2.75) is 39.5 Å². The van der Waals surface area contributed by atoms with Crippen LogP contribution in [0.4, 0.5) is 22.7 Å². The molecule has 8 aromatic carbocycles. The zero-order valence-electron chi connectivity index (χ0n) is 31.7. The van der Waals surface area contributed by atoms with Crippen LogP contribution < -0.4 is 20.1 Å². The maximum absolute atomic E-state index is 5.91. The molecular weight excluding hydrogens is 740 g/mol. The van der Waals surface area contributed by atoms with E-state index in [1.54, 1.807) is 0 Å². The smallest absolute Gasteiger partial charge is 0.119 e. The van der Waals surface area contributed by atoms with Gasteiger partial charge in [-0.1, -0.05) is 152 Å². The molecule has 0 saturated carbocycles. The number of unbranched alkanes of at least 4 members (excludes halogenated alkanes) is 2. The highest BCUT2D eigenvalue weighted by Crippen LogP contribution is 2.42. The molecule has 8 aromatic rings. The zero-order chi connectivity index (χ0) is 38.2. The minimum absolute atomic E-state index is 0.756. The molecule has 0 aliphatic heterocycles. The quantitative estimate of drug-likeness (QED) is 0.105. The fourth-order valence-corrected chi connectivity index (χ4v) is 6.84. The molecule has 0 aromatic heterocycles. The standard InChI is InChI=1S/C30H27NO.C10H7Br.C10H15NO/c1-2-3-22-32-26-20-18-25(19-21-26)31(29-16-8-12-23-10-4-6-14-27(23)29)30-17-9-13-24-11-5-7-15-28(24)30;11-10-7-3-5-8-4-1-2-6-9(8)10;1-2-3-8-12-10-6-4-9(11)5-7-10/h4-21H,2-3,22H2,1H3;1-7H;4-7H,2-3,8,11H2,1H3. The van der Waals surface area contributed by atoms with Crippen molar-refractivity contribution >= 4 is 71.0 Å². The van der Waals surface area contributed by atoms with Crippen LogP contribution in [0.15, 0.2) is 180 Å². The Morgan fingerprint density at radius 2 is 0.855 bits per heavy atom. The van der Waals surface area contributed by atoms with Gasteiger partial charge in [0.1, 0.15) is 11.5 Å². The number of nitrogen functional groups attached to an aromatic ring is 1. The molecule has 0 radical (unpaired) electrons. The Kier molecular flexibility index (Phi) is 14.2. The molecule has 0 unspecified atom stereocenters. The molecule has 0 spiro atoms. The van der Waals surface area contributed by atoms with Gasteiger partial charge in [-0.3, -0.25) is 0 Å². The molecule has 0 fully saturated rings. The summed E-state index contributed by atoms with van der Waals surface area (Å²) in [5.41, 5.74) is 9.75. The molecule has 0 atom stereocenters. The number of nitrogens with zero attached hydrogens (tertiary/aromatic N) is 1. The summed E-state index contributed by atoms with van der Waals surface area (Å²) < 4.78 is 12.5. The lowest BCUT2D eigenvalue weighted by Crippen LogP contribution is -2.11. The summed E-state index contributed by atoms with van der Waals surface area (Å²) in [5.74, 6) is 1.82. The van der Waals surface area contributed by atoms with Gasteiger partial charge in [0, 0.05) is 26.6 Å². The highest BCUT2D eigenvalue weighted by molar-refractivity contribution is 9.10. The molecule has 0 heterocycles. The van der Waals surface area contributed by atoms with E-state index in [-0.39, 0.29) is 0 Å². The molecule has 0 aliphatic carbocycles. The summed E-state index contributed by atoms with van der Waals surface area (Å²) in [6.07, 6.45) is 4.47. The van der Waals surface area contributed by atoms with E-state index in [0.29, 0.717) is 0 Å². The van der Waals surface area contributed by atoms with Crippen molar-refractivity contribution in [3.63, 3.8) is 0 Å². The van der Waals surface area contributed by atoms with Gasteiger partial charge in [0.15, 0.2) is 0 Å². The fourth-order valence-electron chi connectivity index (χ4n) is 6.32. The fraction of sp³-hybridized carbons (Fsp3) is 0.160. The van der Waals surface area contributed by atoms with E-state index < -0.39 is 0 Å². The minimum atomic E-state index is 0.756. The number of nitrogens with two attached hydrogens (primary N) is 1. The lowest BCUT2D eigenvalue weighted by Gasteiger charge is -2.28. The molecule has 55 heavy (non-hydrogen) atoms. The Morgan fingerprint density at radius 1 is 0.455 bits per heavy atom. The summed E-state index contributed by atoms with van der Waals surface area (Å²) in [5, 5.41) is 7.47. The SMILES string of the molecule is Brc1cccc2ccccc12.CCCCOc1ccc(N(c2cccc3ccccc23)c2cccc3ccccc23)cc1.CCCCOc1ccc(N)cc1. The monoisotopic (exact) mass is 788 g/mol. The zero-order valence-corrected chi connectivity index (χ0v) is 33.3. The van der Waals surface area contributed by atoms with E-state index in [1.807, 2.05) is 36.4 Å². The number of rotatable bonds is 11. The van der Waals surface area contributed by atoms with Crippen molar-refractivity contribution in [3.8, 4) is 11.5 Å². The van der Waals surface area contributed by atoms with Crippen molar-refractivity contribution < 1.29 is 9.47 Å². The third kappa shape index (κ3) is 10.5. The topological polar surface area (TPSA) is 47.7 Å². The average Bonchev–Trinajstić information content (AvgIpc) is 3.23. The van der Waals surface area contributed by atoms with Crippen LogP contribution in [0.5, 0.6) is 11.5 Å². The van der Waals surface area contributed by atoms with E-state index in [0.717, 1.165) is 66.2 Å². The normalized spacial score (nSPS) is 10.6. The van der Waals surface area contributed by atoms with Gasteiger partial charge >= 0.3 is 0 Å². The van der Waals surface area contributed by atoms with Crippen LogP contribution in [0.25, 0.3) is 32.3 Å². The van der Waals surface area contributed by atoms with Crippen molar-refractivity contribution in [3.05, 3.63) is 180 Å². The van der Waals surface area contributed by atoms with Gasteiger partial charge < -0.3 is 20.1 Å². The number of anilines is 4. The molecule has 5 heteroatoms. The highest BCUT2D eigenvalue weighted by Gasteiger charge is 2.17. The first-order valence-electron chi connectivity index (χ1n) is 19.2. The Morgan fingerprint density at radius 3 is 1.33 bits per heavy atom. The number of hydrogen-bond acceptors (Lipinski definition) is 4. The summed E-state index contributed by atoms with van der Waals surface area (Å²) in [6.45, 7) is 5.87. The number of fused-ring (bicyclic) bond motifs is 3. The number of ether oxygens (including phenoxy) is 2. The van der Waals surface area contributed by atoms with Gasteiger partial charge in [0.05, 0.1) is 24.6 Å². The van der Waals surface area contributed by atoms with Crippen LogP contribution in [-0.2, 0) is 0 Å². The van der Waals surface area contributed by atoms with Gasteiger partial charge in [-0.25, -0.2) is 0 Å². The third-order valence-electron chi connectivity index (χ3n) is 9.26. The second kappa shape index (κ2) is 20.1. The first kappa shape index (κ1) is 38.9. The van der Waals surface area contributed by atoms with Gasteiger partial charge in [0.25, 0.3) is 0 Å². The second-order valence-electron chi connectivity index (χ2n) is 13.3. The van der Waals surface area contributed by atoms with E-state index in [1.165, 1.54) is 43.7 Å². The molecule has 278 valence electrons. The van der Waals surface area contributed by atoms with E-state index in [4.69, 9.17) is 15.2 Å². The maximum Gasteiger partial charge on any atom is 0.119 e. The van der Waals surface area contributed by atoms with Crippen molar-refractivity contribution in [2.24, 2.45) is 0 Å². The lowest BCUT2D eigenvalue weighted by molar-refractivity contribution is 0.309. The van der Waals surface area contributed by atoms with E-state index >= 15 is 0 Å². The Hall–Kier alpha value is -5.78. The van der Waals surface area contributed by atoms with Crippen LogP contribution in [0.1, 0.15) is 39.5 Å². The molecule has 4 nitrogen and oxygen atoms in total. The lowest BCUT2D eigenvalue weighted by atomic mass is 10.0. The average molecular weight is 790 g/mol. The number of benzene rings is 8. The molecule has 0 aliphatic rings. The minimum Gasteiger partial charge on any atom is -0.494 e. The van der Waals surface area contributed by atoms with E-state index in [2.05, 4.69) is 174 Å². The summed E-state index contributed by atoms with van der Waals surface area (Å²) >= 11 is 3.50. The summed E-state index contributed by atoms with van der Waals surface area (Å²) in [4.78, 5) is 2.36. The predicted octanol–water partition coefficient (Wildman–Crippen LogP) is 14.7. The third-order valence-corrected chi connectivity index (χ3v) is 9.95. The van der Waals surface area contributed by atoms with Gasteiger partial charge in [-0.2, -0.15) is 0 Å². The van der Waals surface area contributed by atoms with Crippen LogP contribution in [0, 0.1) is 0 Å². The predicted molar refractivity (Wildman–Crippen MR) is 239 cm³/mol. The first-order chi connectivity index (χ1) is 27.1. The molecule has 0 bridgehead atoms. The van der Waals surface area contributed by atoms with Gasteiger partial charge in [-0.15, -0.1) is 0 Å². The largest absolute Gasteiger partial charge is 0.494 e. The van der Waals surface area contributed by atoms with Crippen LogP contribution in [0.2, 0.25) is 0 Å². The molecule has 2 N–H and O–H groups in total. The molecule has 0 saturated heterocycles. The second-order valence-corrected chi connectivity index (χ2v) is 14.1. The summed E-state index contributed by atoms with van der Waals surface area (Å²) in [6, 6.07) is 60.7. The Bertz CT molecular complexity index is 2300. The van der Waals surface area contributed by atoms with Gasteiger partial charge in [-0.05, 0) is 101 Å². The molecular formula is C50H49BrN2O2. The Labute approximate surface area is 334 Å². The summed E-state index contributed by atoms with van der Waals surface area (Å²) in [7, 11) is 0. The number of halogens is 1.